The molecule has 3 aromatic rings. The fraction of sp³-hybridized carbons (Fsp3) is 0. The van der Waals surface area contributed by atoms with Crippen molar-refractivity contribution in [3.05, 3.63) is 54.4 Å². The zero-order chi connectivity index (χ0) is 14.1. The molecule has 1 heterocycles. The maximum atomic E-state index is 13.9. The molecule has 6 heteroatoms. The number of nitrogens with one attached hydrogen (secondary N) is 1. The Bertz CT molecular complexity index is 787. The number of nitrogens with zero attached hydrogens (tertiary/aromatic N) is 2. The van der Waals surface area contributed by atoms with Crippen LogP contribution < -0.4 is 5.32 Å². The summed E-state index contributed by atoms with van der Waals surface area (Å²) < 4.78 is 27.1. The van der Waals surface area contributed by atoms with Gasteiger partial charge >= 0.3 is 0 Å². The summed E-state index contributed by atoms with van der Waals surface area (Å²) in [5.74, 6) is -1.45. The maximum Gasteiger partial charge on any atom is 0.166 e. The van der Waals surface area contributed by atoms with E-state index < -0.39 is 17.4 Å². The van der Waals surface area contributed by atoms with E-state index in [9.17, 15) is 8.78 Å². The SMILES string of the molecule is Oc1ccc(Nc2ncnc3cccc(F)c23)cc1F. The number of aromatic hydroxyl groups is 1. The van der Waals surface area contributed by atoms with Gasteiger partial charge in [0.2, 0.25) is 0 Å². The van der Waals surface area contributed by atoms with Crippen LogP contribution in [0.1, 0.15) is 0 Å². The van der Waals surface area contributed by atoms with Gasteiger partial charge in [-0.2, -0.15) is 0 Å². The molecule has 0 spiro atoms. The summed E-state index contributed by atoms with van der Waals surface area (Å²) in [6.07, 6.45) is 1.29. The molecule has 100 valence electrons. The van der Waals surface area contributed by atoms with E-state index in [1.165, 1.54) is 24.5 Å². The first-order chi connectivity index (χ1) is 9.65. The molecule has 0 aliphatic heterocycles. The summed E-state index contributed by atoms with van der Waals surface area (Å²) in [5.41, 5.74) is 0.797. The highest BCUT2D eigenvalue weighted by Crippen LogP contribution is 2.27. The van der Waals surface area contributed by atoms with Crippen LogP contribution in [0.4, 0.5) is 20.3 Å². The van der Waals surface area contributed by atoms with Gasteiger partial charge < -0.3 is 10.4 Å². The van der Waals surface area contributed by atoms with E-state index in [1.54, 1.807) is 12.1 Å². The van der Waals surface area contributed by atoms with Crippen molar-refractivity contribution in [3.63, 3.8) is 0 Å². The van der Waals surface area contributed by atoms with Crippen LogP contribution in [0.15, 0.2) is 42.7 Å². The van der Waals surface area contributed by atoms with Gasteiger partial charge in [0.15, 0.2) is 11.6 Å². The second kappa shape index (κ2) is 4.73. The first kappa shape index (κ1) is 12.3. The number of phenolic OH excluding ortho intramolecular Hbond substituents is 1. The zero-order valence-electron chi connectivity index (χ0n) is 10.1. The van der Waals surface area contributed by atoms with Crippen LogP contribution in [0.25, 0.3) is 10.9 Å². The maximum absolute atomic E-state index is 13.9. The Morgan fingerprint density at radius 2 is 1.85 bits per heavy atom. The average molecular weight is 273 g/mol. The number of anilines is 2. The van der Waals surface area contributed by atoms with E-state index >= 15 is 0 Å². The highest BCUT2D eigenvalue weighted by molar-refractivity contribution is 5.91. The van der Waals surface area contributed by atoms with Gasteiger partial charge in [-0.05, 0) is 24.3 Å². The molecule has 0 aliphatic carbocycles. The van der Waals surface area contributed by atoms with Crippen molar-refractivity contribution in [2.75, 3.05) is 5.32 Å². The highest BCUT2D eigenvalue weighted by Gasteiger charge is 2.09. The van der Waals surface area contributed by atoms with E-state index in [4.69, 9.17) is 5.11 Å². The Hall–Kier alpha value is -2.76. The summed E-state index contributed by atoms with van der Waals surface area (Å²) in [6.45, 7) is 0. The fourth-order valence-corrected chi connectivity index (χ4v) is 1.88. The standard InChI is InChI=1S/C14H9F2N3O/c15-9-2-1-3-11-13(9)14(18-7-17-11)19-8-4-5-12(20)10(16)6-8/h1-7,20H,(H,17,18,19). The Morgan fingerprint density at radius 3 is 2.65 bits per heavy atom. The summed E-state index contributed by atoms with van der Waals surface area (Å²) in [5, 5.41) is 12.2. The van der Waals surface area contributed by atoms with Gasteiger partial charge in [0.25, 0.3) is 0 Å². The van der Waals surface area contributed by atoms with Gasteiger partial charge in [0.1, 0.15) is 18.0 Å². The molecule has 0 saturated carbocycles. The van der Waals surface area contributed by atoms with E-state index in [-0.39, 0.29) is 11.2 Å². The minimum atomic E-state index is -0.770. The molecule has 20 heavy (non-hydrogen) atoms. The van der Waals surface area contributed by atoms with Crippen molar-refractivity contribution < 1.29 is 13.9 Å². The van der Waals surface area contributed by atoms with Crippen LogP contribution >= 0.6 is 0 Å². The third kappa shape index (κ3) is 2.11. The lowest BCUT2D eigenvalue weighted by atomic mass is 10.2. The molecule has 0 fully saturated rings. The molecule has 0 bridgehead atoms. The summed E-state index contributed by atoms with van der Waals surface area (Å²) in [6, 6.07) is 8.28. The van der Waals surface area contributed by atoms with Crippen molar-refractivity contribution >= 4 is 22.4 Å². The summed E-state index contributed by atoms with van der Waals surface area (Å²) >= 11 is 0. The molecule has 0 atom stereocenters. The first-order valence-corrected chi connectivity index (χ1v) is 5.80. The Kier molecular flexibility index (Phi) is 2.90. The van der Waals surface area contributed by atoms with Crippen LogP contribution in [-0.4, -0.2) is 15.1 Å². The lowest BCUT2D eigenvalue weighted by Gasteiger charge is -2.09. The predicted molar refractivity (Wildman–Crippen MR) is 70.8 cm³/mol. The molecule has 2 aromatic carbocycles. The first-order valence-electron chi connectivity index (χ1n) is 5.80. The Labute approximate surface area is 112 Å². The number of fused-ring (bicyclic) bond motifs is 1. The van der Waals surface area contributed by atoms with Crippen molar-refractivity contribution in [1.29, 1.82) is 0 Å². The second-order valence-electron chi connectivity index (χ2n) is 4.15. The minimum absolute atomic E-state index is 0.225. The van der Waals surface area contributed by atoms with E-state index in [1.807, 2.05) is 0 Å². The van der Waals surface area contributed by atoms with E-state index in [2.05, 4.69) is 15.3 Å². The molecule has 0 aliphatic rings. The number of benzene rings is 2. The largest absolute Gasteiger partial charge is 0.505 e. The topological polar surface area (TPSA) is 58.0 Å². The van der Waals surface area contributed by atoms with Crippen LogP contribution in [0.2, 0.25) is 0 Å². The molecule has 4 nitrogen and oxygen atoms in total. The lowest BCUT2D eigenvalue weighted by Crippen LogP contribution is -1.98. The molecular formula is C14H9F2N3O. The van der Waals surface area contributed by atoms with Gasteiger partial charge in [-0.15, -0.1) is 0 Å². The number of aromatic nitrogens is 2. The number of hydrogen-bond donors (Lipinski definition) is 2. The zero-order valence-corrected chi connectivity index (χ0v) is 10.1. The lowest BCUT2D eigenvalue weighted by molar-refractivity contribution is 0.432. The predicted octanol–water partition coefficient (Wildman–Crippen LogP) is 3.36. The van der Waals surface area contributed by atoms with Crippen molar-refractivity contribution in [2.45, 2.75) is 0 Å². The van der Waals surface area contributed by atoms with Crippen molar-refractivity contribution in [1.82, 2.24) is 9.97 Å². The van der Waals surface area contributed by atoms with E-state index in [0.717, 1.165) is 6.07 Å². The highest BCUT2D eigenvalue weighted by atomic mass is 19.1. The number of halogens is 2. The van der Waals surface area contributed by atoms with Crippen LogP contribution in [0.5, 0.6) is 5.75 Å². The van der Waals surface area contributed by atoms with Crippen LogP contribution in [-0.2, 0) is 0 Å². The molecule has 2 N–H and O–H groups in total. The normalized spacial score (nSPS) is 10.7. The monoisotopic (exact) mass is 273 g/mol. The van der Waals surface area contributed by atoms with Gasteiger partial charge in [-0.25, -0.2) is 18.7 Å². The summed E-state index contributed by atoms with van der Waals surface area (Å²) in [4.78, 5) is 7.94. The number of hydrogen-bond acceptors (Lipinski definition) is 4. The van der Waals surface area contributed by atoms with Gasteiger partial charge in [0.05, 0.1) is 10.9 Å². The molecule has 0 unspecified atom stereocenters. The Balaban J connectivity index is 2.08. The second-order valence-corrected chi connectivity index (χ2v) is 4.15. The Morgan fingerprint density at radius 1 is 1.00 bits per heavy atom. The fourth-order valence-electron chi connectivity index (χ4n) is 1.88. The van der Waals surface area contributed by atoms with Gasteiger partial charge in [-0.3, -0.25) is 0 Å². The molecule has 0 saturated heterocycles. The molecule has 0 radical (unpaired) electrons. The smallest absolute Gasteiger partial charge is 0.166 e. The molecule has 3 rings (SSSR count). The van der Waals surface area contributed by atoms with E-state index in [0.29, 0.717) is 11.2 Å². The third-order valence-electron chi connectivity index (χ3n) is 2.82. The quantitative estimate of drug-likeness (QED) is 0.703. The summed E-state index contributed by atoms with van der Waals surface area (Å²) in [7, 11) is 0. The average Bonchev–Trinajstić information content (AvgIpc) is 2.43. The third-order valence-corrected chi connectivity index (χ3v) is 2.82. The van der Waals surface area contributed by atoms with Crippen molar-refractivity contribution in [3.8, 4) is 5.75 Å². The number of phenols is 1. The van der Waals surface area contributed by atoms with Crippen LogP contribution in [0, 0.1) is 11.6 Å². The molecule has 1 aromatic heterocycles. The van der Waals surface area contributed by atoms with Gasteiger partial charge in [0, 0.05) is 11.8 Å². The van der Waals surface area contributed by atoms with Crippen LogP contribution in [0.3, 0.4) is 0 Å². The molecular weight excluding hydrogens is 264 g/mol. The molecule has 0 amide bonds. The van der Waals surface area contributed by atoms with Crippen molar-refractivity contribution in [2.24, 2.45) is 0 Å². The minimum Gasteiger partial charge on any atom is -0.505 e. The number of rotatable bonds is 2. The van der Waals surface area contributed by atoms with Gasteiger partial charge in [-0.1, -0.05) is 6.07 Å².